The van der Waals surface area contributed by atoms with Gasteiger partial charge in [-0.2, -0.15) is 4.31 Å². The van der Waals surface area contributed by atoms with Gasteiger partial charge in [-0.15, -0.1) is 0 Å². The van der Waals surface area contributed by atoms with E-state index in [1.54, 1.807) is 12.1 Å². The number of aliphatic hydroxyl groups excluding tert-OH is 1. The third-order valence-electron chi connectivity index (χ3n) is 8.24. The summed E-state index contributed by atoms with van der Waals surface area (Å²) in [6, 6.07) is 21.6. The minimum absolute atomic E-state index is 0.0171. The molecule has 0 spiro atoms. The number of rotatable bonds is 14. The normalized spacial score (nSPS) is 14.7. The highest BCUT2D eigenvalue weighted by Crippen LogP contribution is 2.32. The topological polar surface area (TPSA) is 107 Å². The number of nitrogens with one attached hydrogen (secondary N) is 1. The Morgan fingerprint density at radius 3 is 2.33 bits per heavy atom. The zero-order valence-electron chi connectivity index (χ0n) is 25.1. The van der Waals surface area contributed by atoms with Gasteiger partial charge in [0.2, 0.25) is 10.0 Å². The molecule has 1 atom stereocenters. The number of aliphatic hydroxyl groups is 1. The summed E-state index contributed by atoms with van der Waals surface area (Å²) in [6.07, 6.45) is 3.27. The Morgan fingerprint density at radius 1 is 1.02 bits per heavy atom. The zero-order chi connectivity index (χ0) is 30.5. The fourth-order valence-electron chi connectivity index (χ4n) is 6.05. The van der Waals surface area contributed by atoms with E-state index in [1.165, 1.54) is 22.5 Å². The standard InChI is InChI=1S/C34H44N2O5S/c1-5-26-20-30(29-12-8-9-24(17-29)13-16-33(38)39)14-15-32(26)42(40,41)36(4)23-31(37)22-35-34(2,3)21-25-18-27-10-6-7-11-28(27)19-25/h6-12,14-15,17,20,25,31,35,37H,5,13,16,18-19,21-23H2,1-4H3,(H,38,39)/t31-/m1/s1. The lowest BCUT2D eigenvalue weighted by atomic mass is 9.88. The number of benzene rings is 3. The molecule has 8 heteroatoms. The number of carboxylic acids is 1. The Balaban J connectivity index is 1.37. The van der Waals surface area contributed by atoms with Gasteiger partial charge in [0.15, 0.2) is 0 Å². The largest absolute Gasteiger partial charge is 0.481 e. The fraction of sp³-hybridized carbons (Fsp3) is 0.441. The van der Waals surface area contributed by atoms with E-state index in [4.69, 9.17) is 5.11 Å². The van der Waals surface area contributed by atoms with E-state index in [9.17, 15) is 18.3 Å². The van der Waals surface area contributed by atoms with E-state index in [0.717, 1.165) is 36.0 Å². The third kappa shape index (κ3) is 8.07. The molecule has 42 heavy (non-hydrogen) atoms. The molecule has 0 heterocycles. The molecule has 4 rings (SSSR count). The molecular formula is C34H44N2O5S. The van der Waals surface area contributed by atoms with Crippen molar-refractivity contribution in [2.45, 2.75) is 75.8 Å². The first kappa shape index (κ1) is 31.9. The summed E-state index contributed by atoms with van der Waals surface area (Å²) < 4.78 is 28.4. The van der Waals surface area contributed by atoms with Gasteiger partial charge in [0.1, 0.15) is 0 Å². The molecule has 0 aliphatic heterocycles. The first-order chi connectivity index (χ1) is 19.9. The summed E-state index contributed by atoms with van der Waals surface area (Å²) >= 11 is 0. The van der Waals surface area contributed by atoms with Gasteiger partial charge in [0.05, 0.1) is 11.0 Å². The van der Waals surface area contributed by atoms with Crippen LogP contribution in [0.1, 0.15) is 55.9 Å². The molecule has 0 amide bonds. The molecule has 3 aromatic carbocycles. The Morgan fingerprint density at radius 2 is 1.69 bits per heavy atom. The van der Waals surface area contributed by atoms with Gasteiger partial charge in [-0.25, -0.2) is 8.42 Å². The Bertz CT molecular complexity index is 1480. The molecule has 0 saturated carbocycles. The number of hydrogen-bond acceptors (Lipinski definition) is 5. The first-order valence-corrected chi connectivity index (χ1v) is 16.2. The second-order valence-electron chi connectivity index (χ2n) is 12.2. The van der Waals surface area contributed by atoms with E-state index in [2.05, 4.69) is 43.4 Å². The Hall–Kier alpha value is -3.04. The summed E-state index contributed by atoms with van der Waals surface area (Å²) in [5, 5.41) is 23.3. The Kier molecular flexibility index (Phi) is 10.3. The molecule has 0 radical (unpaired) electrons. The molecule has 1 aliphatic carbocycles. The highest BCUT2D eigenvalue weighted by atomic mass is 32.2. The van der Waals surface area contributed by atoms with Gasteiger partial charge < -0.3 is 15.5 Å². The SMILES string of the molecule is CCc1cc(-c2cccc(CCC(=O)O)c2)ccc1S(=O)(=O)N(C)C[C@H](O)CNC(C)(C)CC1Cc2ccccc2C1. The van der Waals surface area contributed by atoms with Crippen LogP contribution >= 0.6 is 0 Å². The molecular weight excluding hydrogens is 548 g/mol. The monoisotopic (exact) mass is 592 g/mol. The summed E-state index contributed by atoms with van der Waals surface area (Å²) in [7, 11) is -2.31. The predicted molar refractivity (Wildman–Crippen MR) is 167 cm³/mol. The first-order valence-electron chi connectivity index (χ1n) is 14.8. The molecule has 7 nitrogen and oxygen atoms in total. The van der Waals surface area contributed by atoms with E-state index in [-0.39, 0.29) is 23.4 Å². The van der Waals surface area contributed by atoms with E-state index in [1.807, 2.05) is 37.3 Å². The van der Waals surface area contributed by atoms with Crippen molar-refractivity contribution in [2.75, 3.05) is 20.1 Å². The van der Waals surface area contributed by atoms with Crippen molar-refractivity contribution in [3.63, 3.8) is 0 Å². The predicted octanol–water partition coefficient (Wildman–Crippen LogP) is 5.09. The van der Waals surface area contributed by atoms with E-state index >= 15 is 0 Å². The molecule has 0 aromatic heterocycles. The average molecular weight is 593 g/mol. The molecule has 3 aromatic rings. The zero-order valence-corrected chi connectivity index (χ0v) is 26.0. The van der Waals surface area contributed by atoms with Crippen molar-refractivity contribution >= 4 is 16.0 Å². The van der Waals surface area contributed by atoms with Crippen LogP contribution in [0.5, 0.6) is 0 Å². The van der Waals surface area contributed by atoms with Crippen molar-refractivity contribution < 1.29 is 23.4 Å². The Labute approximate surface area is 250 Å². The van der Waals surface area contributed by atoms with E-state index < -0.39 is 22.1 Å². The number of aryl methyl sites for hydroxylation is 2. The molecule has 226 valence electrons. The molecule has 0 bridgehead atoms. The molecule has 0 saturated heterocycles. The fourth-order valence-corrected chi connectivity index (χ4v) is 7.53. The maximum atomic E-state index is 13.6. The number of carboxylic acid groups (broad SMARTS) is 1. The summed E-state index contributed by atoms with van der Waals surface area (Å²) in [4.78, 5) is 11.2. The number of sulfonamides is 1. The van der Waals surface area contributed by atoms with Gasteiger partial charge >= 0.3 is 5.97 Å². The number of hydrogen-bond donors (Lipinski definition) is 3. The number of aliphatic carboxylic acids is 1. The van der Waals surface area contributed by atoms with Crippen molar-refractivity contribution in [2.24, 2.45) is 5.92 Å². The van der Waals surface area contributed by atoms with Crippen LogP contribution in [0.25, 0.3) is 11.1 Å². The van der Waals surface area contributed by atoms with Crippen LogP contribution < -0.4 is 5.32 Å². The number of fused-ring (bicyclic) bond motifs is 1. The maximum absolute atomic E-state index is 13.6. The van der Waals surface area contributed by atoms with Crippen LogP contribution in [-0.2, 0) is 40.5 Å². The van der Waals surface area contributed by atoms with Gasteiger partial charge in [0.25, 0.3) is 0 Å². The van der Waals surface area contributed by atoms with Crippen LogP contribution in [0, 0.1) is 5.92 Å². The number of nitrogens with zero attached hydrogens (tertiary/aromatic N) is 1. The molecule has 3 N–H and O–H groups in total. The quantitative estimate of drug-likeness (QED) is 0.241. The van der Waals surface area contributed by atoms with Crippen LogP contribution in [0.15, 0.2) is 71.6 Å². The van der Waals surface area contributed by atoms with E-state index in [0.29, 0.717) is 30.9 Å². The van der Waals surface area contributed by atoms with Crippen molar-refractivity contribution in [3.05, 3.63) is 89.0 Å². The molecule has 0 unspecified atom stereocenters. The summed E-state index contributed by atoms with van der Waals surface area (Å²) in [6.45, 7) is 6.48. The van der Waals surface area contributed by atoms with Crippen molar-refractivity contribution in [1.82, 2.24) is 9.62 Å². The van der Waals surface area contributed by atoms with Gasteiger partial charge in [-0.3, -0.25) is 4.79 Å². The van der Waals surface area contributed by atoms with Crippen LogP contribution in [0.2, 0.25) is 0 Å². The summed E-state index contributed by atoms with van der Waals surface area (Å²) in [5.41, 5.74) is 6.06. The van der Waals surface area contributed by atoms with Crippen LogP contribution in [0.3, 0.4) is 0 Å². The lowest BCUT2D eigenvalue weighted by molar-refractivity contribution is -0.136. The lowest BCUT2D eigenvalue weighted by Crippen LogP contribution is -2.47. The highest BCUT2D eigenvalue weighted by molar-refractivity contribution is 7.89. The summed E-state index contributed by atoms with van der Waals surface area (Å²) in [5.74, 6) is -0.292. The molecule has 1 aliphatic rings. The van der Waals surface area contributed by atoms with Crippen molar-refractivity contribution in [1.29, 1.82) is 0 Å². The highest BCUT2D eigenvalue weighted by Gasteiger charge is 2.30. The smallest absolute Gasteiger partial charge is 0.303 e. The van der Waals surface area contributed by atoms with Crippen LogP contribution in [-0.4, -0.2) is 60.7 Å². The van der Waals surface area contributed by atoms with Crippen LogP contribution in [0.4, 0.5) is 0 Å². The third-order valence-corrected chi connectivity index (χ3v) is 10.2. The number of β-amino-alcohol motifs (C(OH)–C–C–N with tert-alkyl or cyclic N) is 1. The van der Waals surface area contributed by atoms with Gasteiger partial charge in [-0.05, 0) is 97.4 Å². The molecule has 0 fully saturated rings. The minimum atomic E-state index is -3.82. The number of carbonyl (C=O) groups is 1. The van der Waals surface area contributed by atoms with Crippen molar-refractivity contribution in [3.8, 4) is 11.1 Å². The maximum Gasteiger partial charge on any atom is 0.303 e. The average Bonchev–Trinajstić information content (AvgIpc) is 3.36. The van der Waals surface area contributed by atoms with Gasteiger partial charge in [0, 0.05) is 32.1 Å². The second-order valence-corrected chi connectivity index (χ2v) is 14.2. The number of likely N-dealkylation sites (N-methyl/N-ethyl adjacent to an activating group) is 1. The lowest BCUT2D eigenvalue weighted by Gasteiger charge is -2.31. The van der Waals surface area contributed by atoms with Gasteiger partial charge in [-0.1, -0.05) is 61.5 Å². The minimum Gasteiger partial charge on any atom is -0.481 e. The second kappa shape index (κ2) is 13.5.